The number of halogens is 1. The third kappa shape index (κ3) is 4.76. The van der Waals surface area contributed by atoms with Crippen LogP contribution in [0.2, 0.25) is 0 Å². The lowest BCUT2D eigenvalue weighted by atomic mass is 9.79. The second kappa shape index (κ2) is 8.45. The van der Waals surface area contributed by atoms with Crippen molar-refractivity contribution in [1.29, 1.82) is 0 Å². The molecule has 0 amide bonds. The fourth-order valence-corrected chi connectivity index (χ4v) is 3.42. The number of rotatable bonds is 7. The SMILES string of the molecule is CCCCCC1CCC(c2ncc(CCC)c(F)n2)CC1. The Labute approximate surface area is 128 Å². The third-order valence-corrected chi connectivity index (χ3v) is 4.78. The number of hydrogen-bond acceptors (Lipinski definition) is 2. The van der Waals surface area contributed by atoms with Crippen LogP contribution in [-0.4, -0.2) is 9.97 Å². The predicted molar refractivity (Wildman–Crippen MR) is 84.8 cm³/mol. The Balaban J connectivity index is 1.85. The Morgan fingerprint density at radius 2 is 1.86 bits per heavy atom. The zero-order valence-corrected chi connectivity index (χ0v) is 13.6. The molecule has 0 radical (unpaired) electrons. The van der Waals surface area contributed by atoms with Crippen LogP contribution in [0, 0.1) is 11.9 Å². The summed E-state index contributed by atoms with van der Waals surface area (Å²) in [5.41, 5.74) is 0.662. The molecule has 0 aromatic carbocycles. The summed E-state index contributed by atoms with van der Waals surface area (Å²) in [5.74, 6) is 1.68. The zero-order valence-electron chi connectivity index (χ0n) is 13.6. The molecule has 1 saturated carbocycles. The highest BCUT2D eigenvalue weighted by Crippen LogP contribution is 2.36. The Bertz CT molecular complexity index is 425. The van der Waals surface area contributed by atoms with Crippen molar-refractivity contribution in [2.45, 2.75) is 84.0 Å². The average Bonchev–Trinajstić information content (AvgIpc) is 2.50. The molecule has 118 valence electrons. The van der Waals surface area contributed by atoms with Gasteiger partial charge < -0.3 is 0 Å². The molecule has 0 N–H and O–H groups in total. The Kier molecular flexibility index (Phi) is 6.59. The summed E-state index contributed by atoms with van der Waals surface area (Å²) < 4.78 is 13.9. The first kappa shape index (κ1) is 16.4. The van der Waals surface area contributed by atoms with Crippen molar-refractivity contribution >= 4 is 0 Å². The summed E-state index contributed by atoms with van der Waals surface area (Å²) >= 11 is 0. The monoisotopic (exact) mass is 292 g/mol. The molecule has 2 nitrogen and oxygen atoms in total. The van der Waals surface area contributed by atoms with Crippen LogP contribution >= 0.6 is 0 Å². The van der Waals surface area contributed by atoms with E-state index >= 15 is 0 Å². The number of nitrogens with zero attached hydrogens (tertiary/aromatic N) is 2. The lowest BCUT2D eigenvalue weighted by molar-refractivity contribution is 0.295. The van der Waals surface area contributed by atoms with Crippen molar-refractivity contribution < 1.29 is 4.39 Å². The number of aryl methyl sites for hydroxylation is 1. The van der Waals surface area contributed by atoms with E-state index < -0.39 is 0 Å². The van der Waals surface area contributed by atoms with Crippen molar-refractivity contribution in [2.24, 2.45) is 5.92 Å². The van der Waals surface area contributed by atoms with E-state index in [-0.39, 0.29) is 5.95 Å². The average molecular weight is 292 g/mol. The maximum Gasteiger partial charge on any atom is 0.219 e. The highest BCUT2D eigenvalue weighted by Gasteiger charge is 2.24. The second-order valence-electron chi connectivity index (χ2n) is 6.51. The van der Waals surface area contributed by atoms with Crippen LogP contribution in [0.15, 0.2) is 6.20 Å². The van der Waals surface area contributed by atoms with Gasteiger partial charge in [-0.3, -0.25) is 0 Å². The van der Waals surface area contributed by atoms with E-state index in [2.05, 4.69) is 16.9 Å². The van der Waals surface area contributed by atoms with Crippen LogP contribution in [0.1, 0.15) is 88.9 Å². The molecule has 0 bridgehead atoms. The molecule has 1 fully saturated rings. The third-order valence-electron chi connectivity index (χ3n) is 4.78. The van der Waals surface area contributed by atoms with Gasteiger partial charge in [-0.15, -0.1) is 0 Å². The Hall–Kier alpha value is -0.990. The van der Waals surface area contributed by atoms with Crippen LogP contribution in [0.25, 0.3) is 0 Å². The molecule has 1 aliphatic rings. The van der Waals surface area contributed by atoms with Crippen LogP contribution in [-0.2, 0) is 6.42 Å². The molecule has 3 heteroatoms. The molecule has 0 saturated heterocycles. The van der Waals surface area contributed by atoms with Gasteiger partial charge in [0.15, 0.2) is 0 Å². The molecule has 21 heavy (non-hydrogen) atoms. The molecular formula is C18H29FN2. The molecule has 1 aromatic heterocycles. The van der Waals surface area contributed by atoms with Gasteiger partial charge in [0, 0.05) is 17.7 Å². The van der Waals surface area contributed by atoms with Gasteiger partial charge in [0.2, 0.25) is 5.95 Å². The Morgan fingerprint density at radius 1 is 1.10 bits per heavy atom. The van der Waals surface area contributed by atoms with Crippen LogP contribution < -0.4 is 0 Å². The number of aromatic nitrogens is 2. The summed E-state index contributed by atoms with van der Waals surface area (Å²) in [7, 11) is 0. The molecule has 1 aliphatic carbocycles. The molecule has 2 rings (SSSR count). The van der Waals surface area contributed by atoms with E-state index in [1.807, 2.05) is 6.92 Å². The standard InChI is InChI=1S/C18H29FN2/c1-3-5-6-8-14-9-11-15(12-10-14)18-20-13-16(7-4-2)17(19)21-18/h13-15H,3-12H2,1-2H3. The highest BCUT2D eigenvalue weighted by atomic mass is 19.1. The summed E-state index contributed by atoms with van der Waals surface area (Å²) in [5, 5.41) is 0. The second-order valence-corrected chi connectivity index (χ2v) is 6.51. The first-order chi connectivity index (χ1) is 10.2. The van der Waals surface area contributed by atoms with Crippen LogP contribution in [0.5, 0.6) is 0 Å². The fraction of sp³-hybridized carbons (Fsp3) is 0.778. The highest BCUT2D eigenvalue weighted by molar-refractivity contribution is 5.10. The minimum absolute atomic E-state index is 0.299. The van der Waals surface area contributed by atoms with E-state index in [1.165, 1.54) is 38.5 Å². The van der Waals surface area contributed by atoms with Crippen molar-refractivity contribution in [3.05, 3.63) is 23.5 Å². The molecule has 0 atom stereocenters. The fourth-order valence-electron chi connectivity index (χ4n) is 3.42. The van der Waals surface area contributed by atoms with E-state index in [1.54, 1.807) is 6.20 Å². The van der Waals surface area contributed by atoms with Crippen molar-refractivity contribution in [2.75, 3.05) is 0 Å². The van der Waals surface area contributed by atoms with Crippen LogP contribution in [0.3, 0.4) is 0 Å². The van der Waals surface area contributed by atoms with Gasteiger partial charge >= 0.3 is 0 Å². The summed E-state index contributed by atoms with van der Waals surface area (Å²) in [6.45, 7) is 4.30. The quantitative estimate of drug-likeness (QED) is 0.495. The van der Waals surface area contributed by atoms with Gasteiger partial charge in [-0.05, 0) is 38.0 Å². The minimum Gasteiger partial charge on any atom is -0.241 e. The number of hydrogen-bond donors (Lipinski definition) is 0. The number of unbranched alkanes of at least 4 members (excludes halogenated alkanes) is 2. The maximum absolute atomic E-state index is 13.9. The largest absolute Gasteiger partial charge is 0.241 e. The predicted octanol–water partition coefficient (Wildman–Crippen LogP) is 5.42. The van der Waals surface area contributed by atoms with Gasteiger partial charge in [-0.25, -0.2) is 9.97 Å². The smallest absolute Gasteiger partial charge is 0.219 e. The minimum atomic E-state index is -0.299. The van der Waals surface area contributed by atoms with Crippen LogP contribution in [0.4, 0.5) is 4.39 Å². The van der Waals surface area contributed by atoms with Gasteiger partial charge in [-0.2, -0.15) is 4.39 Å². The van der Waals surface area contributed by atoms with Gasteiger partial charge in [0.25, 0.3) is 0 Å². The topological polar surface area (TPSA) is 25.8 Å². The van der Waals surface area contributed by atoms with E-state index in [4.69, 9.17) is 0 Å². The van der Waals surface area contributed by atoms with E-state index in [0.29, 0.717) is 11.5 Å². The maximum atomic E-state index is 13.9. The van der Waals surface area contributed by atoms with E-state index in [0.717, 1.165) is 37.4 Å². The normalized spacial score (nSPS) is 22.4. The lowest BCUT2D eigenvalue weighted by Crippen LogP contribution is -2.16. The van der Waals surface area contributed by atoms with Crippen molar-refractivity contribution in [3.63, 3.8) is 0 Å². The summed E-state index contributed by atoms with van der Waals surface area (Å²) in [6, 6.07) is 0. The van der Waals surface area contributed by atoms with Crippen molar-refractivity contribution in [1.82, 2.24) is 9.97 Å². The van der Waals surface area contributed by atoms with E-state index in [9.17, 15) is 4.39 Å². The molecule has 1 heterocycles. The van der Waals surface area contributed by atoms with Gasteiger partial charge in [-0.1, -0.05) is 46.0 Å². The molecule has 0 unspecified atom stereocenters. The van der Waals surface area contributed by atoms with Crippen molar-refractivity contribution in [3.8, 4) is 0 Å². The Morgan fingerprint density at radius 3 is 2.48 bits per heavy atom. The zero-order chi connectivity index (χ0) is 15.1. The first-order valence-corrected chi connectivity index (χ1v) is 8.75. The molecule has 1 aromatic rings. The summed E-state index contributed by atoms with van der Waals surface area (Å²) in [6.07, 6.45) is 13.5. The molecule has 0 aliphatic heterocycles. The lowest BCUT2D eigenvalue weighted by Gasteiger charge is -2.27. The molecular weight excluding hydrogens is 263 g/mol. The first-order valence-electron chi connectivity index (χ1n) is 8.75. The summed E-state index contributed by atoms with van der Waals surface area (Å²) in [4.78, 5) is 8.57. The van der Waals surface area contributed by atoms with Gasteiger partial charge in [0.05, 0.1) is 0 Å². The van der Waals surface area contributed by atoms with Gasteiger partial charge in [0.1, 0.15) is 5.82 Å². The molecule has 0 spiro atoms.